The van der Waals surface area contributed by atoms with Crippen LogP contribution in [0.3, 0.4) is 0 Å². The number of nitrogens with zero attached hydrogens (tertiary/aromatic N) is 3. The SMILES string of the molecule is CC(C)(C)c1nsc(N2CCC2)n1. The Balaban J connectivity index is 2.17. The Labute approximate surface area is 83.0 Å². The summed E-state index contributed by atoms with van der Waals surface area (Å²) >= 11 is 1.53. The van der Waals surface area contributed by atoms with Crippen molar-refractivity contribution in [2.45, 2.75) is 32.6 Å². The van der Waals surface area contributed by atoms with Crippen LogP contribution in [0.15, 0.2) is 0 Å². The van der Waals surface area contributed by atoms with Gasteiger partial charge in [0.1, 0.15) is 5.82 Å². The molecule has 13 heavy (non-hydrogen) atoms. The van der Waals surface area contributed by atoms with Gasteiger partial charge >= 0.3 is 0 Å². The second kappa shape index (κ2) is 2.94. The van der Waals surface area contributed by atoms with Crippen molar-refractivity contribution in [1.29, 1.82) is 0 Å². The van der Waals surface area contributed by atoms with Crippen LogP contribution in [0, 0.1) is 0 Å². The summed E-state index contributed by atoms with van der Waals surface area (Å²) in [5.74, 6) is 0.972. The molecule has 1 fully saturated rings. The smallest absolute Gasteiger partial charge is 0.205 e. The molecule has 2 heterocycles. The minimum atomic E-state index is 0.0830. The third-order valence-corrected chi connectivity index (χ3v) is 2.99. The maximum Gasteiger partial charge on any atom is 0.205 e. The lowest BCUT2D eigenvalue weighted by Gasteiger charge is -2.29. The van der Waals surface area contributed by atoms with Gasteiger partial charge in [0, 0.05) is 30.0 Å². The number of hydrogen-bond donors (Lipinski definition) is 0. The minimum absolute atomic E-state index is 0.0830. The molecule has 72 valence electrons. The van der Waals surface area contributed by atoms with Gasteiger partial charge in [0.2, 0.25) is 5.13 Å². The molecule has 2 rings (SSSR count). The van der Waals surface area contributed by atoms with E-state index in [1.165, 1.54) is 18.0 Å². The van der Waals surface area contributed by atoms with Gasteiger partial charge in [-0.05, 0) is 6.42 Å². The molecule has 0 amide bonds. The number of aromatic nitrogens is 2. The Morgan fingerprint density at radius 2 is 2.00 bits per heavy atom. The van der Waals surface area contributed by atoms with E-state index in [1.54, 1.807) is 0 Å². The van der Waals surface area contributed by atoms with Gasteiger partial charge in [0.05, 0.1) is 0 Å². The van der Waals surface area contributed by atoms with Crippen molar-refractivity contribution in [3.63, 3.8) is 0 Å². The number of rotatable bonds is 1. The lowest BCUT2D eigenvalue weighted by Crippen LogP contribution is -2.36. The molecule has 1 saturated heterocycles. The number of anilines is 1. The van der Waals surface area contributed by atoms with E-state index in [0.29, 0.717) is 0 Å². The van der Waals surface area contributed by atoms with E-state index in [-0.39, 0.29) is 5.41 Å². The summed E-state index contributed by atoms with van der Waals surface area (Å²) < 4.78 is 4.38. The van der Waals surface area contributed by atoms with E-state index < -0.39 is 0 Å². The first-order valence-electron chi connectivity index (χ1n) is 4.66. The fraction of sp³-hybridized carbons (Fsp3) is 0.778. The van der Waals surface area contributed by atoms with E-state index in [2.05, 4.69) is 35.0 Å². The van der Waals surface area contributed by atoms with E-state index in [4.69, 9.17) is 0 Å². The first-order valence-corrected chi connectivity index (χ1v) is 5.44. The van der Waals surface area contributed by atoms with Crippen LogP contribution in [0.1, 0.15) is 33.0 Å². The van der Waals surface area contributed by atoms with Crippen molar-refractivity contribution in [1.82, 2.24) is 9.36 Å². The monoisotopic (exact) mass is 197 g/mol. The van der Waals surface area contributed by atoms with Crippen LogP contribution < -0.4 is 4.90 Å². The van der Waals surface area contributed by atoms with E-state index in [9.17, 15) is 0 Å². The molecule has 0 unspecified atom stereocenters. The highest BCUT2D eigenvalue weighted by Gasteiger charge is 2.23. The maximum absolute atomic E-state index is 4.54. The Hall–Kier alpha value is -0.640. The standard InChI is InChI=1S/C9H15N3S/c1-9(2,3)7-10-8(13-11-7)12-5-4-6-12/h4-6H2,1-3H3. The molecule has 1 aliphatic rings. The summed E-state index contributed by atoms with van der Waals surface area (Å²) in [5, 5.41) is 1.09. The third-order valence-electron chi connectivity index (χ3n) is 2.21. The largest absolute Gasteiger partial charge is 0.347 e. The van der Waals surface area contributed by atoms with Gasteiger partial charge in [-0.2, -0.15) is 4.37 Å². The molecule has 0 N–H and O–H groups in total. The lowest BCUT2D eigenvalue weighted by molar-refractivity contribution is 0.550. The molecule has 0 bridgehead atoms. The van der Waals surface area contributed by atoms with Gasteiger partial charge in [-0.15, -0.1) is 0 Å². The van der Waals surface area contributed by atoms with Crippen LogP contribution in [0.4, 0.5) is 5.13 Å². The van der Waals surface area contributed by atoms with Crippen LogP contribution in [0.2, 0.25) is 0 Å². The zero-order valence-electron chi connectivity index (χ0n) is 8.37. The number of hydrogen-bond acceptors (Lipinski definition) is 4. The molecule has 0 radical (unpaired) electrons. The minimum Gasteiger partial charge on any atom is -0.347 e. The van der Waals surface area contributed by atoms with Crippen LogP contribution in [-0.2, 0) is 5.41 Å². The Morgan fingerprint density at radius 1 is 1.31 bits per heavy atom. The van der Waals surface area contributed by atoms with E-state index >= 15 is 0 Å². The van der Waals surface area contributed by atoms with Gasteiger partial charge in [-0.3, -0.25) is 0 Å². The molecule has 1 aromatic rings. The first kappa shape index (κ1) is 8.94. The molecule has 1 aliphatic heterocycles. The van der Waals surface area contributed by atoms with Crippen molar-refractivity contribution < 1.29 is 0 Å². The second-order valence-corrected chi connectivity index (χ2v) is 5.22. The highest BCUT2D eigenvalue weighted by molar-refractivity contribution is 7.09. The van der Waals surface area contributed by atoms with Crippen molar-refractivity contribution >= 4 is 16.7 Å². The van der Waals surface area contributed by atoms with Crippen LogP contribution >= 0.6 is 11.5 Å². The summed E-state index contributed by atoms with van der Waals surface area (Å²) in [6.45, 7) is 8.75. The van der Waals surface area contributed by atoms with Gasteiger partial charge in [0.25, 0.3) is 0 Å². The molecule has 0 aromatic carbocycles. The van der Waals surface area contributed by atoms with E-state index in [1.807, 2.05) is 0 Å². The molecule has 3 nitrogen and oxygen atoms in total. The average Bonchev–Trinajstić information content (AvgIpc) is 2.29. The molecule has 0 atom stereocenters. The molecule has 1 aromatic heterocycles. The van der Waals surface area contributed by atoms with Crippen molar-refractivity contribution in [3.05, 3.63) is 5.82 Å². The van der Waals surface area contributed by atoms with Gasteiger partial charge in [-0.25, -0.2) is 4.98 Å². The topological polar surface area (TPSA) is 29.0 Å². The molecule has 0 spiro atoms. The summed E-state index contributed by atoms with van der Waals surface area (Å²) in [6, 6.07) is 0. The molecule has 4 heteroatoms. The summed E-state index contributed by atoms with van der Waals surface area (Å²) in [4.78, 5) is 6.82. The Kier molecular flexibility index (Phi) is 2.02. The van der Waals surface area contributed by atoms with Crippen LogP contribution in [-0.4, -0.2) is 22.4 Å². The van der Waals surface area contributed by atoms with Gasteiger partial charge in [-0.1, -0.05) is 20.8 Å². The maximum atomic E-state index is 4.54. The van der Waals surface area contributed by atoms with E-state index in [0.717, 1.165) is 24.0 Å². The van der Waals surface area contributed by atoms with Crippen LogP contribution in [0.25, 0.3) is 0 Å². The summed E-state index contributed by atoms with van der Waals surface area (Å²) in [7, 11) is 0. The highest BCUT2D eigenvalue weighted by Crippen LogP contribution is 2.27. The lowest BCUT2D eigenvalue weighted by atomic mass is 9.96. The quantitative estimate of drug-likeness (QED) is 0.690. The van der Waals surface area contributed by atoms with Gasteiger partial charge < -0.3 is 4.90 Å². The zero-order chi connectivity index (χ0) is 9.47. The highest BCUT2D eigenvalue weighted by atomic mass is 32.1. The fourth-order valence-corrected chi connectivity index (χ4v) is 2.06. The van der Waals surface area contributed by atoms with Crippen molar-refractivity contribution in [2.75, 3.05) is 18.0 Å². The van der Waals surface area contributed by atoms with Crippen molar-refractivity contribution in [3.8, 4) is 0 Å². The summed E-state index contributed by atoms with van der Waals surface area (Å²) in [6.07, 6.45) is 1.30. The predicted octanol–water partition coefficient (Wildman–Crippen LogP) is 2.05. The molecule has 0 aliphatic carbocycles. The fourth-order valence-electron chi connectivity index (χ4n) is 1.16. The third kappa shape index (κ3) is 1.68. The second-order valence-electron chi connectivity index (χ2n) is 4.49. The Bertz CT molecular complexity index is 296. The molecular weight excluding hydrogens is 182 g/mol. The zero-order valence-corrected chi connectivity index (χ0v) is 9.19. The van der Waals surface area contributed by atoms with Crippen molar-refractivity contribution in [2.24, 2.45) is 0 Å². The molecule has 0 saturated carbocycles. The Morgan fingerprint density at radius 3 is 2.38 bits per heavy atom. The predicted molar refractivity (Wildman–Crippen MR) is 55.4 cm³/mol. The first-order chi connectivity index (χ1) is 6.07. The molecular formula is C9H15N3S. The summed E-state index contributed by atoms with van der Waals surface area (Å²) in [5.41, 5.74) is 0.0830. The van der Waals surface area contributed by atoms with Crippen LogP contribution in [0.5, 0.6) is 0 Å². The van der Waals surface area contributed by atoms with Gasteiger partial charge in [0.15, 0.2) is 0 Å². The average molecular weight is 197 g/mol. The normalized spacial score (nSPS) is 17.3.